The molecule has 9 nitrogen and oxygen atoms in total. The van der Waals surface area contributed by atoms with E-state index in [0.717, 1.165) is 50.2 Å². The van der Waals surface area contributed by atoms with Gasteiger partial charge in [0.2, 0.25) is 5.95 Å². The van der Waals surface area contributed by atoms with Crippen LogP contribution in [0.4, 0.5) is 11.6 Å². The molecule has 166 valence electrons. The van der Waals surface area contributed by atoms with Gasteiger partial charge in [0.05, 0.1) is 12.8 Å². The van der Waals surface area contributed by atoms with Gasteiger partial charge in [-0.3, -0.25) is 4.79 Å². The molecule has 1 fully saturated rings. The second kappa shape index (κ2) is 10.4. The van der Waals surface area contributed by atoms with E-state index < -0.39 is 0 Å². The smallest absolute Gasteiger partial charge is 0.291 e. The van der Waals surface area contributed by atoms with Gasteiger partial charge in [0.1, 0.15) is 0 Å². The molecule has 0 saturated carbocycles. The zero-order valence-corrected chi connectivity index (χ0v) is 18.1. The molecule has 9 heteroatoms. The number of piperazine rings is 1. The number of carbonyl (C=O) groups excluding carboxylic acids is 1. The van der Waals surface area contributed by atoms with E-state index in [-0.39, 0.29) is 11.7 Å². The maximum atomic E-state index is 12.1. The van der Waals surface area contributed by atoms with E-state index in [1.165, 1.54) is 6.26 Å². The highest BCUT2D eigenvalue weighted by molar-refractivity contribution is 6.02. The van der Waals surface area contributed by atoms with Gasteiger partial charge in [-0.15, -0.1) is 0 Å². The summed E-state index contributed by atoms with van der Waals surface area (Å²) in [6, 6.07) is 12.8. The number of amides is 1. The number of hydrogen-bond donors (Lipinski definition) is 2. The number of aromatic nitrogens is 2. The monoisotopic (exact) mass is 433 g/mol. The van der Waals surface area contributed by atoms with Crippen molar-refractivity contribution < 1.29 is 9.21 Å². The molecule has 1 aliphatic heterocycles. The van der Waals surface area contributed by atoms with Crippen molar-refractivity contribution in [2.45, 2.75) is 13.5 Å². The van der Waals surface area contributed by atoms with Gasteiger partial charge >= 0.3 is 0 Å². The maximum Gasteiger partial charge on any atom is 0.291 e. The SMILES string of the molecule is CCNC(=NCc1ccc(NC(=O)c2ccco2)cc1)N1CCN(c2ncccn2)CC1. The van der Waals surface area contributed by atoms with Gasteiger partial charge in [-0.25, -0.2) is 15.0 Å². The molecule has 2 N–H and O–H groups in total. The first kappa shape index (κ1) is 21.4. The highest BCUT2D eigenvalue weighted by Gasteiger charge is 2.21. The Morgan fingerprint density at radius 2 is 1.81 bits per heavy atom. The van der Waals surface area contributed by atoms with E-state index in [4.69, 9.17) is 9.41 Å². The molecule has 0 aliphatic carbocycles. The van der Waals surface area contributed by atoms with Gasteiger partial charge in [-0.1, -0.05) is 12.1 Å². The summed E-state index contributed by atoms with van der Waals surface area (Å²) in [5.74, 6) is 1.69. The lowest BCUT2D eigenvalue weighted by Crippen LogP contribution is -2.52. The molecule has 0 spiro atoms. The van der Waals surface area contributed by atoms with E-state index in [2.05, 4.69) is 37.3 Å². The zero-order chi connectivity index (χ0) is 22.2. The number of carbonyl (C=O) groups is 1. The summed E-state index contributed by atoms with van der Waals surface area (Å²) in [5.41, 5.74) is 1.78. The molecule has 0 unspecified atom stereocenters. The van der Waals surface area contributed by atoms with E-state index in [1.807, 2.05) is 30.3 Å². The van der Waals surface area contributed by atoms with Crippen LogP contribution in [0.25, 0.3) is 0 Å². The summed E-state index contributed by atoms with van der Waals surface area (Å²) < 4.78 is 5.12. The second-order valence-corrected chi connectivity index (χ2v) is 7.32. The Hall–Kier alpha value is -3.88. The Balaban J connectivity index is 1.33. The third kappa shape index (κ3) is 5.42. The molecule has 1 aromatic carbocycles. The maximum absolute atomic E-state index is 12.1. The molecule has 0 atom stereocenters. The molecular formula is C23H27N7O2. The lowest BCUT2D eigenvalue weighted by atomic mass is 10.2. The van der Waals surface area contributed by atoms with Crippen LogP contribution in [-0.4, -0.2) is 59.5 Å². The molecule has 0 radical (unpaired) electrons. The Labute approximate surface area is 187 Å². The number of furan rings is 1. The van der Waals surface area contributed by atoms with Crippen LogP contribution in [-0.2, 0) is 6.54 Å². The van der Waals surface area contributed by atoms with Gasteiger partial charge in [0.15, 0.2) is 11.7 Å². The number of hydrogen-bond acceptors (Lipinski definition) is 6. The first-order chi connectivity index (χ1) is 15.7. The van der Waals surface area contributed by atoms with Crippen molar-refractivity contribution in [2.24, 2.45) is 4.99 Å². The fourth-order valence-electron chi connectivity index (χ4n) is 3.46. The van der Waals surface area contributed by atoms with Crippen LogP contribution < -0.4 is 15.5 Å². The summed E-state index contributed by atoms with van der Waals surface area (Å²) in [6.07, 6.45) is 5.02. The van der Waals surface area contributed by atoms with Gasteiger partial charge < -0.3 is 24.9 Å². The number of nitrogens with zero attached hydrogens (tertiary/aromatic N) is 5. The van der Waals surface area contributed by atoms with Crippen LogP contribution in [0.15, 0.2) is 70.5 Å². The number of rotatable bonds is 6. The quantitative estimate of drug-likeness (QED) is 0.455. The lowest BCUT2D eigenvalue weighted by molar-refractivity contribution is 0.0996. The number of benzene rings is 1. The first-order valence-electron chi connectivity index (χ1n) is 10.7. The minimum absolute atomic E-state index is 0.268. The Morgan fingerprint density at radius 1 is 1.06 bits per heavy atom. The summed E-state index contributed by atoms with van der Waals surface area (Å²) in [6.45, 7) is 6.82. The van der Waals surface area contributed by atoms with Crippen LogP contribution in [0.5, 0.6) is 0 Å². The highest BCUT2D eigenvalue weighted by atomic mass is 16.3. The average Bonchev–Trinajstić information content (AvgIpc) is 3.39. The molecule has 1 aliphatic rings. The van der Waals surface area contributed by atoms with E-state index in [1.54, 1.807) is 24.5 Å². The molecule has 32 heavy (non-hydrogen) atoms. The second-order valence-electron chi connectivity index (χ2n) is 7.32. The predicted octanol–water partition coefficient (Wildman–Crippen LogP) is 2.61. The van der Waals surface area contributed by atoms with Crippen molar-refractivity contribution in [1.82, 2.24) is 20.2 Å². The molecule has 3 aromatic rings. The molecule has 2 aromatic heterocycles. The van der Waals surface area contributed by atoms with Crippen LogP contribution >= 0.6 is 0 Å². The fourth-order valence-corrected chi connectivity index (χ4v) is 3.46. The summed E-state index contributed by atoms with van der Waals surface area (Å²) in [5, 5.41) is 6.21. The topological polar surface area (TPSA) is 98.9 Å². The Bertz CT molecular complexity index is 1010. The van der Waals surface area contributed by atoms with Gasteiger partial charge in [0.25, 0.3) is 5.91 Å². The highest BCUT2D eigenvalue weighted by Crippen LogP contribution is 2.14. The largest absolute Gasteiger partial charge is 0.459 e. The third-order valence-corrected chi connectivity index (χ3v) is 5.12. The number of anilines is 2. The van der Waals surface area contributed by atoms with Crippen LogP contribution in [0.1, 0.15) is 23.0 Å². The van der Waals surface area contributed by atoms with Crippen LogP contribution in [0.2, 0.25) is 0 Å². The minimum atomic E-state index is -0.268. The summed E-state index contributed by atoms with van der Waals surface area (Å²) in [7, 11) is 0. The average molecular weight is 434 g/mol. The van der Waals surface area contributed by atoms with Crippen LogP contribution in [0, 0.1) is 0 Å². The van der Waals surface area contributed by atoms with Crippen molar-refractivity contribution in [3.8, 4) is 0 Å². The van der Waals surface area contributed by atoms with Crippen LogP contribution in [0.3, 0.4) is 0 Å². The molecule has 3 heterocycles. The Kier molecular flexibility index (Phi) is 6.96. The summed E-state index contributed by atoms with van der Waals surface area (Å²) in [4.78, 5) is 30.0. The minimum Gasteiger partial charge on any atom is -0.459 e. The van der Waals surface area contributed by atoms with Gasteiger partial charge in [0, 0.05) is 50.8 Å². The van der Waals surface area contributed by atoms with E-state index in [9.17, 15) is 4.79 Å². The summed E-state index contributed by atoms with van der Waals surface area (Å²) >= 11 is 0. The van der Waals surface area contributed by atoms with Crippen molar-refractivity contribution >= 4 is 23.5 Å². The predicted molar refractivity (Wildman–Crippen MR) is 124 cm³/mol. The van der Waals surface area contributed by atoms with Crippen molar-refractivity contribution in [3.05, 3.63) is 72.4 Å². The first-order valence-corrected chi connectivity index (χ1v) is 10.7. The number of nitrogens with one attached hydrogen (secondary N) is 2. The van der Waals surface area contributed by atoms with Crippen molar-refractivity contribution in [2.75, 3.05) is 42.9 Å². The van der Waals surface area contributed by atoms with Gasteiger partial charge in [-0.2, -0.15) is 0 Å². The molecule has 1 amide bonds. The molecule has 1 saturated heterocycles. The van der Waals surface area contributed by atoms with Gasteiger partial charge in [-0.05, 0) is 42.8 Å². The standard InChI is InChI=1S/C23H27N7O2/c1-2-24-22(29-12-14-30(15-13-29)23-25-10-4-11-26-23)27-17-18-6-8-19(9-7-18)28-21(31)20-5-3-16-32-20/h3-11,16H,2,12-15,17H2,1H3,(H,24,27)(H,28,31). The lowest BCUT2D eigenvalue weighted by Gasteiger charge is -2.36. The molecule has 0 bridgehead atoms. The third-order valence-electron chi connectivity index (χ3n) is 5.12. The Morgan fingerprint density at radius 3 is 2.47 bits per heavy atom. The fraction of sp³-hybridized carbons (Fsp3) is 0.304. The normalized spacial score (nSPS) is 14.3. The number of guanidine groups is 1. The van der Waals surface area contributed by atoms with E-state index in [0.29, 0.717) is 12.2 Å². The van der Waals surface area contributed by atoms with Crippen molar-refractivity contribution in [3.63, 3.8) is 0 Å². The molecule has 4 rings (SSSR count). The number of aliphatic imine (C=N–C) groups is 1. The zero-order valence-electron chi connectivity index (χ0n) is 18.1. The van der Waals surface area contributed by atoms with Crippen molar-refractivity contribution in [1.29, 1.82) is 0 Å². The van der Waals surface area contributed by atoms with E-state index >= 15 is 0 Å². The molecular weight excluding hydrogens is 406 g/mol.